The van der Waals surface area contributed by atoms with Gasteiger partial charge in [0.05, 0.1) is 13.7 Å². The van der Waals surface area contributed by atoms with Gasteiger partial charge in [-0.1, -0.05) is 0 Å². The zero-order chi connectivity index (χ0) is 24.4. The predicted octanol–water partition coefficient (Wildman–Crippen LogP) is 9.81. The lowest BCUT2D eigenvalue weighted by Crippen LogP contribution is -2.28. The molecule has 1 saturated heterocycles. The van der Waals surface area contributed by atoms with E-state index in [-0.39, 0.29) is 9.93 Å². The number of thioether (sulfide) groups is 10. The fourth-order valence-electron chi connectivity index (χ4n) is 2.23. The Hall–Kier alpha value is 6.30. The molecule has 0 bridgehead atoms. The molecule has 1 aliphatic heterocycles. The van der Waals surface area contributed by atoms with E-state index in [1.54, 1.807) is 0 Å². The van der Waals surface area contributed by atoms with Crippen molar-refractivity contribution in [3.8, 4) is 0 Å². The zero-order valence-corrected chi connectivity index (χ0v) is 32.9. The zero-order valence-electron chi connectivity index (χ0n) is 17.6. The van der Waals surface area contributed by atoms with Gasteiger partial charge in [-0.2, -0.15) is 97.5 Å². The van der Waals surface area contributed by atoms with Crippen molar-refractivity contribution in [1.29, 1.82) is 0 Å². The van der Waals surface area contributed by atoms with Crippen molar-refractivity contribution in [2.45, 2.75) is 17.2 Å². The highest BCUT2D eigenvalue weighted by Crippen LogP contribution is 2.61. The molecule has 200 valence electrons. The van der Waals surface area contributed by atoms with E-state index >= 15 is 0 Å². The molecule has 18 heteroatoms. The molecule has 0 aromatic rings. The van der Waals surface area contributed by atoms with Crippen LogP contribution < -0.4 is 0 Å². The van der Waals surface area contributed by atoms with Crippen LogP contribution in [-0.2, 0) is 0 Å². The smallest absolute Gasteiger partial charge is 0.118 e. The van der Waals surface area contributed by atoms with Crippen molar-refractivity contribution in [2.75, 3.05) is 57.3 Å². The Labute approximate surface area is 284 Å². The van der Waals surface area contributed by atoms with E-state index < -0.39 is 0 Å². The van der Waals surface area contributed by atoms with Gasteiger partial charge in [0.15, 0.2) is 0 Å². The maximum atomic E-state index is 4.62. The van der Waals surface area contributed by atoms with Gasteiger partial charge in [-0.3, -0.25) is 0 Å². The Morgan fingerprint density at radius 1 is 0.758 bits per heavy atom. The highest BCUT2D eigenvalue weighted by atomic mass is 33.1. The molecule has 1 rings (SSSR count). The molecule has 3 unspecified atom stereocenters. The molecule has 33 heavy (non-hydrogen) atoms. The first kappa shape index (κ1) is 37.3. The Bertz CT molecular complexity index is 447. The summed E-state index contributed by atoms with van der Waals surface area (Å²) in [6.07, 6.45) is 0. The molecular formula is C15H32S18. The van der Waals surface area contributed by atoms with Gasteiger partial charge >= 0.3 is 0 Å². The Balaban J connectivity index is 2.71. The first-order chi connectivity index (χ1) is 16.1. The summed E-state index contributed by atoms with van der Waals surface area (Å²) in [6.45, 7) is 0. The summed E-state index contributed by atoms with van der Waals surface area (Å²) in [4.78, 5) is 0. The lowest BCUT2D eigenvalue weighted by atomic mass is 10.9. The van der Waals surface area contributed by atoms with Crippen molar-refractivity contribution >= 4 is 214 Å². The Morgan fingerprint density at radius 2 is 1.42 bits per heavy atom. The average Bonchev–Trinajstić information content (AvgIpc) is 2.78. The molecule has 1 heterocycles. The fourth-order valence-corrected chi connectivity index (χ4v) is 29.7. The standard InChI is InChI=1S/C15H32S18/c16-3-23-2-15(30-10-31-15)29-9-28-13(26-6-19)14(27-7-20)33(32-8-21)11-22-1-12(24-4-17)25-5-18/h12-14,16-21,33H,1-11H2. The van der Waals surface area contributed by atoms with Crippen LogP contribution >= 0.6 is 214 Å². The van der Waals surface area contributed by atoms with Crippen molar-refractivity contribution in [3.05, 3.63) is 0 Å². The first-order valence-corrected chi connectivity index (χ1v) is 26.8. The monoisotopic (exact) mass is 788 g/mol. The van der Waals surface area contributed by atoms with E-state index in [0.717, 1.165) is 41.3 Å². The molecule has 0 aromatic heterocycles. The van der Waals surface area contributed by atoms with Crippen LogP contribution in [0.15, 0.2) is 0 Å². The number of hydrogen-bond donors (Lipinski definition) is 7. The second-order valence-corrected chi connectivity index (χ2v) is 28.9. The minimum atomic E-state index is -0.223. The molecule has 0 spiro atoms. The van der Waals surface area contributed by atoms with E-state index in [2.05, 4.69) is 145 Å². The van der Waals surface area contributed by atoms with Gasteiger partial charge in [0.25, 0.3) is 0 Å². The lowest BCUT2D eigenvalue weighted by molar-refractivity contribution is 1.33. The van der Waals surface area contributed by atoms with Gasteiger partial charge in [-0.25, -0.2) is 0 Å². The topological polar surface area (TPSA) is 0 Å². The molecule has 3 atom stereocenters. The highest BCUT2D eigenvalue weighted by molar-refractivity contribution is 8.89. The molecular weight excluding hydrogens is 757 g/mol. The number of thiol groups is 7. The van der Waals surface area contributed by atoms with Gasteiger partial charge < -0.3 is 0 Å². The molecule has 1 aliphatic rings. The maximum absolute atomic E-state index is 4.62. The fraction of sp³-hybridized carbons (Fsp3) is 1.00. The van der Waals surface area contributed by atoms with Gasteiger partial charge in [-0.15, -0.1) is 117 Å². The highest BCUT2D eigenvalue weighted by Gasteiger charge is 2.40. The summed E-state index contributed by atoms with van der Waals surface area (Å²) in [7, 11) is 1.83. The van der Waals surface area contributed by atoms with E-state index in [4.69, 9.17) is 0 Å². The summed E-state index contributed by atoms with van der Waals surface area (Å²) in [5.41, 5.74) is 0. The van der Waals surface area contributed by atoms with Crippen LogP contribution in [0.1, 0.15) is 0 Å². The first-order valence-electron chi connectivity index (χ1n) is 9.29. The summed E-state index contributed by atoms with van der Waals surface area (Å²) in [5, 5.41) is 8.78. The maximum Gasteiger partial charge on any atom is 0.118 e. The average molecular weight is 790 g/mol. The second kappa shape index (κ2) is 24.9. The van der Waals surface area contributed by atoms with Crippen molar-refractivity contribution < 1.29 is 0 Å². The normalized spacial score (nSPS) is 18.8. The lowest BCUT2D eigenvalue weighted by Gasteiger charge is -2.40. The van der Waals surface area contributed by atoms with Crippen LogP contribution in [0.25, 0.3) is 0 Å². The van der Waals surface area contributed by atoms with Crippen LogP contribution in [0.4, 0.5) is 0 Å². The third-order valence-corrected chi connectivity index (χ3v) is 28.7. The van der Waals surface area contributed by atoms with E-state index in [1.165, 1.54) is 15.9 Å². The predicted molar refractivity (Wildman–Crippen MR) is 214 cm³/mol. The van der Waals surface area contributed by atoms with Gasteiger partial charge in [0.2, 0.25) is 0 Å². The molecule has 0 nitrogen and oxygen atoms in total. The van der Waals surface area contributed by atoms with Crippen LogP contribution in [0.5, 0.6) is 0 Å². The molecule has 0 N–H and O–H groups in total. The summed E-state index contributed by atoms with van der Waals surface area (Å²) in [5.74, 6) is 2.32. The Kier molecular flexibility index (Phi) is 28.1. The summed E-state index contributed by atoms with van der Waals surface area (Å²) < 4.78 is 2.01. The molecule has 0 radical (unpaired) electrons. The second-order valence-electron chi connectivity index (χ2n) is 5.54. The van der Waals surface area contributed by atoms with E-state index in [9.17, 15) is 0 Å². The minimum absolute atomic E-state index is 0.223. The van der Waals surface area contributed by atoms with Crippen molar-refractivity contribution in [2.24, 2.45) is 0 Å². The van der Waals surface area contributed by atoms with Crippen LogP contribution in [0.2, 0.25) is 0 Å². The quantitative estimate of drug-likeness (QED) is 0.0301. The molecule has 0 aromatic carbocycles. The summed E-state index contributed by atoms with van der Waals surface area (Å²) in [6, 6.07) is 0. The Morgan fingerprint density at radius 3 is 1.94 bits per heavy atom. The van der Waals surface area contributed by atoms with E-state index in [0.29, 0.717) is 17.2 Å². The largest absolute Gasteiger partial charge is 0.181 e. The van der Waals surface area contributed by atoms with Crippen LogP contribution in [0, 0.1) is 0 Å². The minimum Gasteiger partial charge on any atom is -0.181 e. The van der Waals surface area contributed by atoms with Crippen molar-refractivity contribution in [1.82, 2.24) is 0 Å². The van der Waals surface area contributed by atoms with Gasteiger partial charge in [0, 0.05) is 57.3 Å². The van der Waals surface area contributed by atoms with Crippen molar-refractivity contribution in [3.63, 3.8) is 0 Å². The van der Waals surface area contributed by atoms with E-state index in [1.807, 2.05) is 58.8 Å². The van der Waals surface area contributed by atoms with Gasteiger partial charge in [0.1, 0.15) is 3.41 Å². The number of hydrogen-bond acceptors (Lipinski definition) is 17. The molecule has 0 amide bonds. The number of rotatable bonds is 23. The molecule has 0 aliphatic carbocycles. The summed E-state index contributed by atoms with van der Waals surface area (Å²) >= 11 is 47.4. The van der Waals surface area contributed by atoms with Gasteiger partial charge in [-0.05, 0) is 0 Å². The molecule has 0 saturated carbocycles. The molecule has 1 fully saturated rings. The third kappa shape index (κ3) is 16.5. The SMILES string of the molecule is SCSCC1(SCSC(SCS)C(SCS)[SH](CSCC(SCS)SCS)SCS)SCS1. The van der Waals surface area contributed by atoms with Crippen LogP contribution in [0.3, 0.4) is 0 Å². The third-order valence-electron chi connectivity index (χ3n) is 3.66. The van der Waals surface area contributed by atoms with Crippen LogP contribution in [-0.4, -0.2) is 74.4 Å².